The van der Waals surface area contributed by atoms with Crippen LogP contribution in [0.1, 0.15) is 41.6 Å². The topological polar surface area (TPSA) is 74.8 Å². The van der Waals surface area contributed by atoms with Crippen LogP contribution in [0.3, 0.4) is 0 Å². The largest absolute Gasteiger partial charge is 0.320 e. The van der Waals surface area contributed by atoms with Gasteiger partial charge in [-0.2, -0.15) is 11.8 Å². The number of carbonyl (C=O) groups is 1. The van der Waals surface area contributed by atoms with Crippen LogP contribution in [0.5, 0.6) is 0 Å². The molecule has 0 saturated carbocycles. The molecular weight excluding hydrogens is 298 g/mol. The molecule has 0 atom stereocenters. The van der Waals surface area contributed by atoms with E-state index >= 15 is 0 Å². The molecule has 0 aliphatic rings. The van der Waals surface area contributed by atoms with Crippen molar-refractivity contribution in [3.8, 4) is 0 Å². The lowest BCUT2D eigenvalue weighted by molar-refractivity contribution is 0.102. The fourth-order valence-electron chi connectivity index (χ4n) is 2.13. The van der Waals surface area contributed by atoms with Crippen LogP contribution in [-0.2, 0) is 5.75 Å². The van der Waals surface area contributed by atoms with E-state index in [-0.39, 0.29) is 23.1 Å². The van der Waals surface area contributed by atoms with Gasteiger partial charge in [-0.1, -0.05) is 32.0 Å². The average molecular weight is 317 g/mol. The lowest BCUT2D eigenvalue weighted by Crippen LogP contribution is -2.20. The van der Waals surface area contributed by atoms with E-state index in [9.17, 15) is 9.59 Å². The molecule has 116 valence electrons. The second-order valence-corrected chi connectivity index (χ2v) is 6.07. The molecule has 0 saturated heterocycles. The van der Waals surface area contributed by atoms with Crippen molar-refractivity contribution in [2.75, 3.05) is 11.6 Å². The minimum atomic E-state index is -0.374. The van der Waals surface area contributed by atoms with Gasteiger partial charge in [0.05, 0.1) is 5.75 Å². The Hall–Kier alpha value is -2.08. The first-order valence-electron chi connectivity index (χ1n) is 7.00. The van der Waals surface area contributed by atoms with Crippen LogP contribution >= 0.6 is 11.8 Å². The highest BCUT2D eigenvalue weighted by Crippen LogP contribution is 2.23. The molecule has 0 aliphatic carbocycles. The molecular formula is C16H19N3O2S. The number of H-pyrrole nitrogens is 1. The molecule has 2 N–H and O–H groups in total. The Labute approximate surface area is 133 Å². The molecule has 0 fully saturated rings. The third-order valence-corrected chi connectivity index (χ3v) is 3.70. The third kappa shape index (κ3) is 3.98. The van der Waals surface area contributed by atoms with Crippen LogP contribution in [0.4, 0.5) is 5.69 Å². The number of aromatic nitrogens is 2. The molecule has 6 heteroatoms. The van der Waals surface area contributed by atoms with Gasteiger partial charge in [0.15, 0.2) is 0 Å². The maximum Gasteiger partial charge on any atom is 0.274 e. The van der Waals surface area contributed by atoms with Crippen LogP contribution in [0.2, 0.25) is 0 Å². The van der Waals surface area contributed by atoms with Crippen molar-refractivity contribution in [3.05, 3.63) is 57.8 Å². The van der Waals surface area contributed by atoms with Gasteiger partial charge in [0.25, 0.3) is 11.5 Å². The predicted octanol–water partition coefficient (Wildman–Crippen LogP) is 3.01. The number of carbonyl (C=O) groups excluding carboxylic acids is 1. The minimum Gasteiger partial charge on any atom is -0.320 e. The van der Waals surface area contributed by atoms with Crippen LogP contribution in [-0.4, -0.2) is 22.1 Å². The fraction of sp³-hybridized carbons (Fsp3) is 0.312. The lowest BCUT2D eigenvalue weighted by Gasteiger charge is -2.13. The first-order valence-corrected chi connectivity index (χ1v) is 8.40. The van der Waals surface area contributed by atoms with Gasteiger partial charge < -0.3 is 10.3 Å². The molecule has 1 aromatic heterocycles. The van der Waals surface area contributed by atoms with Crippen molar-refractivity contribution in [2.24, 2.45) is 0 Å². The average Bonchev–Trinajstić information content (AvgIpc) is 2.47. The van der Waals surface area contributed by atoms with Crippen LogP contribution in [0.25, 0.3) is 0 Å². The van der Waals surface area contributed by atoms with E-state index in [1.807, 2.05) is 30.5 Å². The smallest absolute Gasteiger partial charge is 0.274 e. The third-order valence-electron chi connectivity index (χ3n) is 3.14. The minimum absolute atomic E-state index is 0.131. The van der Waals surface area contributed by atoms with E-state index in [1.54, 1.807) is 0 Å². The molecule has 0 unspecified atom stereocenters. The number of thioether (sulfide) groups is 1. The maximum atomic E-state index is 12.4. The van der Waals surface area contributed by atoms with Crippen LogP contribution in [0, 0.1) is 0 Å². The van der Waals surface area contributed by atoms with Gasteiger partial charge in [0, 0.05) is 11.8 Å². The van der Waals surface area contributed by atoms with Gasteiger partial charge in [0.2, 0.25) is 0 Å². The van der Waals surface area contributed by atoms with Gasteiger partial charge in [-0.25, -0.2) is 4.98 Å². The zero-order chi connectivity index (χ0) is 16.1. The van der Waals surface area contributed by atoms with E-state index in [2.05, 4.69) is 29.1 Å². The Morgan fingerprint density at radius 2 is 2.09 bits per heavy atom. The second kappa shape index (κ2) is 7.26. The highest BCUT2D eigenvalue weighted by molar-refractivity contribution is 7.97. The summed E-state index contributed by atoms with van der Waals surface area (Å²) in [7, 11) is 0. The number of rotatable bonds is 5. The van der Waals surface area contributed by atoms with Crippen molar-refractivity contribution in [1.29, 1.82) is 0 Å². The van der Waals surface area contributed by atoms with Gasteiger partial charge in [-0.3, -0.25) is 9.59 Å². The highest BCUT2D eigenvalue weighted by Gasteiger charge is 2.13. The van der Waals surface area contributed by atoms with Crippen LogP contribution in [0.15, 0.2) is 35.1 Å². The molecule has 2 aromatic rings. The van der Waals surface area contributed by atoms with Crippen molar-refractivity contribution in [3.63, 3.8) is 0 Å². The number of para-hydroxylation sites is 1. The van der Waals surface area contributed by atoms with Crippen molar-refractivity contribution in [1.82, 2.24) is 9.97 Å². The molecule has 2 rings (SSSR count). The number of anilines is 1. The normalized spacial score (nSPS) is 10.7. The Morgan fingerprint density at radius 1 is 1.36 bits per heavy atom. The Bertz CT molecular complexity index is 725. The Kier molecular flexibility index (Phi) is 5.38. The first kappa shape index (κ1) is 16.3. The van der Waals surface area contributed by atoms with Gasteiger partial charge in [0.1, 0.15) is 11.5 Å². The number of nitrogens with one attached hydrogen (secondary N) is 2. The second-order valence-electron chi connectivity index (χ2n) is 5.21. The Balaban J connectivity index is 2.28. The molecule has 1 aromatic carbocycles. The lowest BCUT2D eigenvalue weighted by atomic mass is 10.0. The zero-order valence-electron chi connectivity index (χ0n) is 12.8. The summed E-state index contributed by atoms with van der Waals surface area (Å²) in [6, 6.07) is 8.85. The standard InChI is InChI=1S/C16H19N3O2S/c1-10(2)11-6-4-5-7-12(11)18-16(21)13-8-15(20)19-14(17-13)9-22-3/h4-8,10H,9H2,1-3H3,(H,18,21)(H,17,19,20). The van der Waals surface area contributed by atoms with Gasteiger partial charge in [-0.15, -0.1) is 0 Å². The van der Waals surface area contributed by atoms with Crippen molar-refractivity contribution < 1.29 is 4.79 Å². The van der Waals surface area contributed by atoms with Crippen molar-refractivity contribution >= 4 is 23.4 Å². The predicted molar refractivity (Wildman–Crippen MR) is 90.6 cm³/mol. The summed E-state index contributed by atoms with van der Waals surface area (Å²) >= 11 is 1.53. The molecule has 0 aliphatic heterocycles. The summed E-state index contributed by atoms with van der Waals surface area (Å²) < 4.78 is 0. The Morgan fingerprint density at radius 3 is 2.77 bits per heavy atom. The van der Waals surface area contributed by atoms with E-state index in [0.717, 1.165) is 11.3 Å². The molecule has 0 bridgehead atoms. The summed E-state index contributed by atoms with van der Waals surface area (Å²) in [5.41, 5.74) is 1.61. The maximum absolute atomic E-state index is 12.4. The quantitative estimate of drug-likeness (QED) is 0.889. The monoisotopic (exact) mass is 317 g/mol. The SMILES string of the molecule is CSCc1nc(C(=O)Nc2ccccc2C(C)C)cc(=O)[nH]1. The fourth-order valence-corrected chi connectivity index (χ4v) is 2.54. The number of hydrogen-bond acceptors (Lipinski definition) is 4. The molecule has 0 radical (unpaired) electrons. The number of benzene rings is 1. The van der Waals surface area contributed by atoms with Gasteiger partial charge >= 0.3 is 0 Å². The van der Waals surface area contributed by atoms with E-state index in [0.29, 0.717) is 11.6 Å². The van der Waals surface area contributed by atoms with Crippen LogP contribution < -0.4 is 10.9 Å². The number of amides is 1. The van der Waals surface area contributed by atoms with Gasteiger partial charge in [-0.05, 0) is 23.8 Å². The first-order chi connectivity index (χ1) is 10.5. The summed E-state index contributed by atoms with van der Waals surface area (Å²) in [5.74, 6) is 0.971. The molecule has 1 amide bonds. The molecule has 1 heterocycles. The number of nitrogens with zero attached hydrogens (tertiary/aromatic N) is 1. The van der Waals surface area contributed by atoms with Crippen molar-refractivity contribution in [2.45, 2.75) is 25.5 Å². The summed E-state index contributed by atoms with van der Waals surface area (Å²) in [6.45, 7) is 4.13. The van der Waals surface area contributed by atoms with E-state index in [4.69, 9.17) is 0 Å². The summed E-state index contributed by atoms with van der Waals surface area (Å²) in [5, 5.41) is 2.84. The highest BCUT2D eigenvalue weighted by atomic mass is 32.2. The molecule has 0 spiro atoms. The van der Waals surface area contributed by atoms with E-state index < -0.39 is 0 Å². The summed E-state index contributed by atoms with van der Waals surface area (Å²) in [4.78, 5) is 30.8. The molecule has 5 nitrogen and oxygen atoms in total. The molecule has 22 heavy (non-hydrogen) atoms. The zero-order valence-corrected chi connectivity index (χ0v) is 13.7. The van der Waals surface area contributed by atoms with E-state index in [1.165, 1.54) is 17.8 Å². The number of aromatic amines is 1. The summed E-state index contributed by atoms with van der Waals surface area (Å²) in [6.07, 6.45) is 1.91. The number of hydrogen-bond donors (Lipinski definition) is 2.